The Labute approximate surface area is 150 Å². The summed E-state index contributed by atoms with van der Waals surface area (Å²) in [6.07, 6.45) is 10.0. The average molecular weight is 348 g/mol. The van der Waals surface area contributed by atoms with Gasteiger partial charge in [0, 0.05) is 17.7 Å². The SMILES string of the molecule is [B]C1(Cc2csc(C3CC(O)CC(CO)O3)c2)CCCCCCC1. The van der Waals surface area contributed by atoms with Gasteiger partial charge in [0.2, 0.25) is 0 Å². The minimum absolute atomic E-state index is 0.0301. The monoisotopic (exact) mass is 348 g/mol. The van der Waals surface area contributed by atoms with Crippen molar-refractivity contribution < 1.29 is 14.9 Å². The van der Waals surface area contributed by atoms with E-state index in [1.54, 1.807) is 11.3 Å². The molecule has 24 heavy (non-hydrogen) atoms. The van der Waals surface area contributed by atoms with Gasteiger partial charge in [-0.3, -0.25) is 0 Å². The van der Waals surface area contributed by atoms with Crippen molar-refractivity contribution in [1.82, 2.24) is 0 Å². The van der Waals surface area contributed by atoms with E-state index >= 15 is 0 Å². The predicted molar refractivity (Wildman–Crippen MR) is 98.7 cm³/mol. The van der Waals surface area contributed by atoms with Gasteiger partial charge in [-0.05, 0) is 23.4 Å². The smallest absolute Gasteiger partial charge is 0.0946 e. The summed E-state index contributed by atoms with van der Waals surface area (Å²) in [5.41, 5.74) is 1.29. The maximum Gasteiger partial charge on any atom is 0.0946 e. The molecule has 1 aromatic rings. The minimum atomic E-state index is -0.391. The average Bonchev–Trinajstić information content (AvgIpc) is 2.99. The van der Waals surface area contributed by atoms with Gasteiger partial charge in [0.25, 0.3) is 0 Å². The van der Waals surface area contributed by atoms with Crippen molar-refractivity contribution in [2.75, 3.05) is 6.61 Å². The quantitative estimate of drug-likeness (QED) is 0.811. The van der Waals surface area contributed by atoms with Gasteiger partial charge in [0.15, 0.2) is 0 Å². The Balaban J connectivity index is 1.64. The molecule has 1 aromatic heterocycles. The highest BCUT2D eigenvalue weighted by atomic mass is 32.1. The van der Waals surface area contributed by atoms with Crippen LogP contribution < -0.4 is 0 Å². The Morgan fingerprint density at radius 2 is 1.88 bits per heavy atom. The predicted octanol–water partition coefficient (Wildman–Crippen LogP) is 3.94. The molecular weight excluding hydrogens is 319 g/mol. The van der Waals surface area contributed by atoms with Crippen molar-refractivity contribution in [2.45, 2.75) is 87.8 Å². The van der Waals surface area contributed by atoms with Crippen molar-refractivity contribution in [3.8, 4) is 0 Å². The van der Waals surface area contributed by atoms with E-state index in [1.807, 2.05) is 0 Å². The van der Waals surface area contributed by atoms with Gasteiger partial charge < -0.3 is 14.9 Å². The van der Waals surface area contributed by atoms with E-state index in [-0.39, 0.29) is 24.1 Å². The summed E-state index contributed by atoms with van der Waals surface area (Å²) >= 11 is 1.69. The molecule has 1 aliphatic heterocycles. The molecule has 5 heteroatoms. The molecule has 2 fully saturated rings. The van der Waals surface area contributed by atoms with Crippen LogP contribution in [0.2, 0.25) is 5.31 Å². The molecule has 132 valence electrons. The lowest BCUT2D eigenvalue weighted by atomic mass is 9.59. The third-order valence-electron chi connectivity index (χ3n) is 5.48. The van der Waals surface area contributed by atoms with E-state index < -0.39 is 6.10 Å². The van der Waals surface area contributed by atoms with Crippen LogP contribution in [0, 0.1) is 0 Å². The van der Waals surface area contributed by atoms with Gasteiger partial charge in [0.05, 0.1) is 32.8 Å². The van der Waals surface area contributed by atoms with Gasteiger partial charge >= 0.3 is 0 Å². The molecule has 1 aliphatic carbocycles. The van der Waals surface area contributed by atoms with Crippen LogP contribution in [-0.4, -0.2) is 36.9 Å². The number of ether oxygens (including phenoxy) is 1. The Kier molecular flexibility index (Phi) is 6.41. The highest BCUT2D eigenvalue weighted by molar-refractivity contribution is 7.10. The number of aliphatic hydroxyl groups is 2. The van der Waals surface area contributed by atoms with E-state index in [0.717, 1.165) is 24.1 Å². The molecular formula is C19H29BO3S. The molecule has 2 radical (unpaired) electrons. The van der Waals surface area contributed by atoms with Crippen LogP contribution >= 0.6 is 11.3 Å². The first-order valence-corrected chi connectivity index (χ1v) is 10.3. The van der Waals surface area contributed by atoms with Crippen molar-refractivity contribution in [3.63, 3.8) is 0 Å². The lowest BCUT2D eigenvalue weighted by molar-refractivity contribution is -0.112. The van der Waals surface area contributed by atoms with Crippen LogP contribution in [0.1, 0.15) is 74.3 Å². The molecule has 2 aliphatic rings. The highest BCUT2D eigenvalue weighted by Gasteiger charge is 2.31. The lowest BCUT2D eigenvalue weighted by Gasteiger charge is -2.32. The Morgan fingerprint density at radius 1 is 1.17 bits per heavy atom. The lowest BCUT2D eigenvalue weighted by Crippen LogP contribution is -2.33. The summed E-state index contributed by atoms with van der Waals surface area (Å²) in [6.45, 7) is -0.0301. The van der Waals surface area contributed by atoms with E-state index in [4.69, 9.17) is 12.6 Å². The van der Waals surface area contributed by atoms with Crippen molar-refractivity contribution in [3.05, 3.63) is 21.9 Å². The number of rotatable bonds is 4. The summed E-state index contributed by atoms with van der Waals surface area (Å²) in [6, 6.07) is 2.20. The fraction of sp³-hybridized carbons (Fsp3) is 0.789. The fourth-order valence-corrected chi connectivity index (χ4v) is 5.10. The van der Waals surface area contributed by atoms with E-state index in [2.05, 4.69) is 11.4 Å². The molecule has 2 N–H and O–H groups in total. The molecule has 3 unspecified atom stereocenters. The first-order valence-electron chi connectivity index (χ1n) is 9.38. The summed E-state index contributed by atoms with van der Waals surface area (Å²) in [7, 11) is 6.71. The van der Waals surface area contributed by atoms with Gasteiger partial charge in [0.1, 0.15) is 0 Å². The third kappa shape index (κ3) is 4.84. The second-order valence-corrected chi connectivity index (χ2v) is 8.66. The minimum Gasteiger partial charge on any atom is -0.394 e. The standard InChI is InChI=1S/C19H29BO3S/c20-19(6-4-2-1-3-5-7-19)11-14-8-18(24-13-14)17-10-15(22)9-16(12-21)23-17/h8,13,15-17,21-22H,1-7,9-12H2. The molecule has 1 saturated heterocycles. The Bertz CT molecular complexity index is 510. The zero-order valence-electron chi connectivity index (χ0n) is 14.5. The highest BCUT2D eigenvalue weighted by Crippen LogP contribution is 2.42. The molecule has 1 saturated carbocycles. The van der Waals surface area contributed by atoms with Crippen LogP contribution in [0.4, 0.5) is 0 Å². The van der Waals surface area contributed by atoms with E-state index in [1.165, 1.54) is 37.7 Å². The van der Waals surface area contributed by atoms with Crippen LogP contribution in [0.25, 0.3) is 0 Å². The first-order chi connectivity index (χ1) is 11.6. The maximum absolute atomic E-state index is 10.0. The first kappa shape index (κ1) is 18.4. The molecule has 3 atom stereocenters. The summed E-state index contributed by atoms with van der Waals surface area (Å²) in [5, 5.41) is 21.5. The number of hydrogen-bond acceptors (Lipinski definition) is 4. The number of hydrogen-bond donors (Lipinski definition) is 2. The third-order valence-corrected chi connectivity index (χ3v) is 6.55. The van der Waals surface area contributed by atoms with Gasteiger partial charge in [-0.1, -0.05) is 50.3 Å². The number of thiophene rings is 1. The maximum atomic E-state index is 10.0. The fourth-order valence-electron chi connectivity index (χ4n) is 4.14. The zero-order chi connectivity index (χ0) is 17.0. The molecule has 0 bridgehead atoms. The zero-order valence-corrected chi connectivity index (χ0v) is 15.3. The van der Waals surface area contributed by atoms with Crippen LogP contribution in [0.3, 0.4) is 0 Å². The van der Waals surface area contributed by atoms with E-state index in [0.29, 0.717) is 12.8 Å². The largest absolute Gasteiger partial charge is 0.394 e. The van der Waals surface area contributed by atoms with Crippen LogP contribution in [0.5, 0.6) is 0 Å². The van der Waals surface area contributed by atoms with Crippen molar-refractivity contribution >= 4 is 19.2 Å². The summed E-state index contributed by atoms with van der Waals surface area (Å²) in [5.74, 6) is 0. The second-order valence-electron chi connectivity index (χ2n) is 7.72. The normalized spacial score (nSPS) is 31.3. The van der Waals surface area contributed by atoms with Crippen molar-refractivity contribution in [1.29, 1.82) is 0 Å². The molecule has 3 rings (SSSR count). The van der Waals surface area contributed by atoms with Gasteiger partial charge in [-0.15, -0.1) is 11.3 Å². The topological polar surface area (TPSA) is 49.7 Å². The molecule has 0 aromatic carbocycles. The summed E-state index contributed by atoms with van der Waals surface area (Å²) in [4.78, 5) is 1.15. The molecule has 2 heterocycles. The Hall–Kier alpha value is -0.355. The summed E-state index contributed by atoms with van der Waals surface area (Å²) < 4.78 is 5.93. The van der Waals surface area contributed by atoms with Crippen molar-refractivity contribution in [2.24, 2.45) is 0 Å². The van der Waals surface area contributed by atoms with Gasteiger partial charge in [-0.2, -0.15) is 0 Å². The second kappa shape index (κ2) is 8.35. The van der Waals surface area contributed by atoms with Crippen LogP contribution in [0.15, 0.2) is 11.4 Å². The van der Waals surface area contributed by atoms with Gasteiger partial charge in [-0.25, -0.2) is 0 Å². The molecule has 3 nitrogen and oxygen atoms in total. The van der Waals surface area contributed by atoms with E-state index in [9.17, 15) is 10.2 Å². The van der Waals surface area contributed by atoms with Crippen LogP contribution in [-0.2, 0) is 11.2 Å². The number of aliphatic hydroxyl groups excluding tert-OH is 2. The molecule has 0 amide bonds. The Morgan fingerprint density at radius 3 is 2.58 bits per heavy atom. The molecule has 0 spiro atoms.